The molecule has 0 amide bonds. The number of nitrogens with zero attached hydrogens (tertiary/aromatic N) is 1. The number of rotatable bonds is 3. The lowest BCUT2D eigenvalue weighted by molar-refractivity contribution is -0.141. The van der Waals surface area contributed by atoms with Gasteiger partial charge in [-0.2, -0.15) is 13.2 Å². The number of anilines is 2. The van der Waals surface area contributed by atoms with Gasteiger partial charge in [0.1, 0.15) is 5.69 Å². The number of ether oxygens (including phenoxy) is 1. The Balaban J connectivity index is 2.18. The van der Waals surface area contributed by atoms with E-state index in [4.69, 9.17) is 10.5 Å². The highest BCUT2D eigenvalue weighted by Crippen LogP contribution is 2.44. The minimum Gasteiger partial charge on any atom is -0.396 e. The first-order valence-corrected chi connectivity index (χ1v) is 6.28. The minimum absolute atomic E-state index is 0.0123. The highest BCUT2D eigenvalue weighted by molar-refractivity contribution is 5.66. The normalized spacial score (nSPS) is 25.1. The molecule has 7 heteroatoms. The maximum absolute atomic E-state index is 12.7. The fraction of sp³-hybridized carbons (Fsp3) is 0.615. The Hall–Kier alpha value is -1.50. The van der Waals surface area contributed by atoms with Gasteiger partial charge in [-0.3, -0.25) is 0 Å². The van der Waals surface area contributed by atoms with Gasteiger partial charge >= 0.3 is 6.18 Å². The smallest absolute Gasteiger partial charge is 0.396 e. The first-order chi connectivity index (χ1) is 9.16. The van der Waals surface area contributed by atoms with Gasteiger partial charge in [-0.25, -0.2) is 4.98 Å². The molecule has 2 atom stereocenters. The number of hydrogen-bond acceptors (Lipinski definition) is 4. The molecule has 1 aliphatic carbocycles. The van der Waals surface area contributed by atoms with Gasteiger partial charge in [0.25, 0.3) is 0 Å². The molecule has 1 aromatic heterocycles. The van der Waals surface area contributed by atoms with Crippen LogP contribution in [0.15, 0.2) is 12.3 Å². The standard InChI is InChI=1S/C13H18F3N3O/c1-12(2)9(5-11(12)20-3)19-8-4-10(13(14,15)16)18-6-7(8)17/h4,6,9,11H,5,17H2,1-3H3,(H,18,19). The largest absolute Gasteiger partial charge is 0.433 e. The number of hydrogen-bond donors (Lipinski definition) is 2. The molecule has 112 valence electrons. The van der Waals surface area contributed by atoms with E-state index in [0.717, 1.165) is 18.7 Å². The minimum atomic E-state index is -4.48. The van der Waals surface area contributed by atoms with E-state index in [9.17, 15) is 13.2 Å². The van der Waals surface area contributed by atoms with Crippen LogP contribution in [0.25, 0.3) is 0 Å². The van der Waals surface area contributed by atoms with E-state index in [2.05, 4.69) is 10.3 Å². The van der Waals surface area contributed by atoms with Crippen molar-refractivity contribution in [2.45, 2.75) is 38.6 Å². The summed E-state index contributed by atoms with van der Waals surface area (Å²) in [5, 5.41) is 3.07. The summed E-state index contributed by atoms with van der Waals surface area (Å²) in [7, 11) is 1.63. The van der Waals surface area contributed by atoms with Crippen molar-refractivity contribution in [2.24, 2.45) is 5.41 Å². The van der Waals surface area contributed by atoms with Crippen LogP contribution in [0.4, 0.5) is 24.5 Å². The lowest BCUT2D eigenvalue weighted by Gasteiger charge is -2.51. The summed E-state index contributed by atoms with van der Waals surface area (Å²) in [6.45, 7) is 4.01. The Morgan fingerprint density at radius 1 is 1.45 bits per heavy atom. The molecule has 1 aromatic rings. The van der Waals surface area contributed by atoms with Crippen molar-refractivity contribution in [1.29, 1.82) is 0 Å². The molecule has 1 saturated carbocycles. The lowest BCUT2D eigenvalue weighted by atomic mass is 9.64. The average molecular weight is 289 g/mol. The molecule has 3 N–H and O–H groups in total. The molecule has 0 radical (unpaired) electrons. The van der Waals surface area contributed by atoms with Crippen molar-refractivity contribution in [3.63, 3.8) is 0 Å². The molecular weight excluding hydrogens is 271 g/mol. The third kappa shape index (κ3) is 2.54. The molecule has 0 aromatic carbocycles. The van der Waals surface area contributed by atoms with Crippen LogP contribution in [-0.4, -0.2) is 24.2 Å². The predicted octanol–water partition coefficient (Wildman–Crippen LogP) is 2.91. The molecule has 1 fully saturated rings. The Kier molecular flexibility index (Phi) is 3.58. The highest BCUT2D eigenvalue weighted by Gasteiger charge is 2.48. The van der Waals surface area contributed by atoms with E-state index in [1.54, 1.807) is 7.11 Å². The molecule has 2 unspecified atom stereocenters. The molecule has 1 aliphatic rings. The first-order valence-electron chi connectivity index (χ1n) is 6.28. The number of pyridine rings is 1. The average Bonchev–Trinajstić information content (AvgIpc) is 2.34. The van der Waals surface area contributed by atoms with Crippen LogP contribution < -0.4 is 11.1 Å². The monoisotopic (exact) mass is 289 g/mol. The number of halogens is 3. The summed E-state index contributed by atoms with van der Waals surface area (Å²) < 4.78 is 43.3. The second kappa shape index (κ2) is 4.80. The highest BCUT2D eigenvalue weighted by atomic mass is 19.4. The van der Waals surface area contributed by atoms with Crippen LogP contribution in [0.3, 0.4) is 0 Å². The van der Waals surface area contributed by atoms with E-state index in [1.807, 2.05) is 13.8 Å². The second-order valence-electron chi connectivity index (χ2n) is 5.63. The van der Waals surface area contributed by atoms with Crippen molar-refractivity contribution < 1.29 is 17.9 Å². The van der Waals surface area contributed by atoms with Crippen molar-refractivity contribution in [3.05, 3.63) is 18.0 Å². The number of nitrogen functional groups attached to an aromatic ring is 1. The van der Waals surface area contributed by atoms with Gasteiger partial charge in [-0.1, -0.05) is 13.8 Å². The second-order valence-corrected chi connectivity index (χ2v) is 5.63. The number of methoxy groups -OCH3 is 1. The van der Waals surface area contributed by atoms with Gasteiger partial charge in [-0.05, 0) is 12.5 Å². The van der Waals surface area contributed by atoms with Crippen LogP contribution in [0.2, 0.25) is 0 Å². The predicted molar refractivity (Wildman–Crippen MR) is 70.3 cm³/mol. The van der Waals surface area contributed by atoms with Crippen LogP contribution >= 0.6 is 0 Å². The number of aromatic nitrogens is 1. The summed E-state index contributed by atoms with van der Waals surface area (Å²) >= 11 is 0. The molecule has 1 heterocycles. The first kappa shape index (κ1) is 14.9. The quantitative estimate of drug-likeness (QED) is 0.898. The van der Waals surface area contributed by atoms with Crippen molar-refractivity contribution in [2.75, 3.05) is 18.2 Å². The Labute approximate surface area is 115 Å². The Morgan fingerprint density at radius 3 is 2.60 bits per heavy atom. The Bertz CT molecular complexity index is 502. The van der Waals surface area contributed by atoms with Crippen LogP contribution in [0.1, 0.15) is 26.0 Å². The van der Waals surface area contributed by atoms with Crippen molar-refractivity contribution >= 4 is 11.4 Å². The van der Waals surface area contributed by atoms with Crippen LogP contribution in [0, 0.1) is 5.41 Å². The van der Waals surface area contributed by atoms with Crippen molar-refractivity contribution in [3.8, 4) is 0 Å². The van der Waals surface area contributed by atoms with E-state index in [0.29, 0.717) is 0 Å². The summed E-state index contributed by atoms with van der Waals surface area (Å²) in [4.78, 5) is 3.31. The third-order valence-corrected chi connectivity index (χ3v) is 4.02. The number of alkyl halides is 3. The SMILES string of the molecule is COC1CC(Nc2cc(C(F)(F)F)ncc2N)C1(C)C. The summed E-state index contributed by atoms with van der Waals surface area (Å²) in [6.07, 6.45) is -2.63. The van der Waals surface area contributed by atoms with Gasteiger partial charge in [0.15, 0.2) is 0 Å². The molecule has 4 nitrogen and oxygen atoms in total. The topological polar surface area (TPSA) is 60.2 Å². The maximum atomic E-state index is 12.7. The van der Waals surface area contributed by atoms with Crippen molar-refractivity contribution in [1.82, 2.24) is 4.98 Å². The van der Waals surface area contributed by atoms with Gasteiger partial charge < -0.3 is 15.8 Å². The third-order valence-electron chi connectivity index (χ3n) is 4.02. The van der Waals surface area contributed by atoms with E-state index < -0.39 is 11.9 Å². The molecular formula is C13H18F3N3O. The molecule has 0 saturated heterocycles. The fourth-order valence-electron chi connectivity index (χ4n) is 2.46. The molecule has 0 bridgehead atoms. The van der Waals surface area contributed by atoms with Crippen LogP contribution in [0.5, 0.6) is 0 Å². The van der Waals surface area contributed by atoms with E-state index in [-0.39, 0.29) is 28.9 Å². The number of nitrogens with two attached hydrogens (primary N) is 1. The lowest BCUT2D eigenvalue weighted by Crippen LogP contribution is -2.57. The fourth-order valence-corrected chi connectivity index (χ4v) is 2.46. The zero-order valence-corrected chi connectivity index (χ0v) is 11.6. The van der Waals surface area contributed by atoms with E-state index in [1.165, 1.54) is 0 Å². The van der Waals surface area contributed by atoms with E-state index >= 15 is 0 Å². The zero-order chi connectivity index (χ0) is 15.1. The van der Waals surface area contributed by atoms with Gasteiger partial charge in [-0.15, -0.1) is 0 Å². The van der Waals surface area contributed by atoms with Crippen LogP contribution in [-0.2, 0) is 10.9 Å². The zero-order valence-electron chi connectivity index (χ0n) is 11.6. The molecule has 20 heavy (non-hydrogen) atoms. The maximum Gasteiger partial charge on any atom is 0.433 e. The number of nitrogens with one attached hydrogen (secondary N) is 1. The summed E-state index contributed by atoms with van der Waals surface area (Å²) in [6, 6.07) is 0.962. The molecule has 2 rings (SSSR count). The summed E-state index contributed by atoms with van der Waals surface area (Å²) in [5.74, 6) is 0. The summed E-state index contributed by atoms with van der Waals surface area (Å²) in [5.41, 5.74) is 5.05. The molecule has 0 spiro atoms. The van der Waals surface area contributed by atoms with Gasteiger partial charge in [0.2, 0.25) is 0 Å². The van der Waals surface area contributed by atoms with Gasteiger partial charge in [0, 0.05) is 18.6 Å². The van der Waals surface area contributed by atoms with Gasteiger partial charge in [0.05, 0.1) is 23.7 Å². The Morgan fingerprint density at radius 2 is 2.10 bits per heavy atom. The molecule has 0 aliphatic heterocycles.